The average molecular weight is 585 g/mol. The number of nitrogens with one attached hydrogen (secondary N) is 1. The van der Waals surface area contributed by atoms with E-state index in [1.807, 2.05) is 6.07 Å². The predicted molar refractivity (Wildman–Crippen MR) is 160 cm³/mol. The molecular weight excluding hydrogens is 556 g/mol. The van der Waals surface area contributed by atoms with Crippen molar-refractivity contribution in [3.63, 3.8) is 0 Å². The van der Waals surface area contributed by atoms with Crippen LogP contribution < -0.4 is 16.4 Å². The highest BCUT2D eigenvalue weighted by Crippen LogP contribution is 2.42. The molecule has 6 rings (SSSR count). The summed E-state index contributed by atoms with van der Waals surface area (Å²) in [4.78, 5) is 30.8. The third kappa shape index (κ3) is 4.97. The van der Waals surface area contributed by atoms with E-state index in [2.05, 4.69) is 10.3 Å². The van der Waals surface area contributed by atoms with Crippen molar-refractivity contribution in [3.8, 4) is 22.6 Å². The highest BCUT2D eigenvalue weighted by Gasteiger charge is 2.25. The summed E-state index contributed by atoms with van der Waals surface area (Å²) in [5.41, 5.74) is 2.52. The van der Waals surface area contributed by atoms with Gasteiger partial charge in [-0.25, -0.2) is 13.4 Å². The van der Waals surface area contributed by atoms with Crippen molar-refractivity contribution < 1.29 is 18.6 Å². The molecule has 3 heterocycles. The van der Waals surface area contributed by atoms with Gasteiger partial charge in [-0.05, 0) is 71.7 Å². The van der Waals surface area contributed by atoms with Gasteiger partial charge in [0.1, 0.15) is 17.3 Å². The van der Waals surface area contributed by atoms with Crippen LogP contribution in [-0.2, 0) is 23.5 Å². The maximum Gasteiger partial charge on any atom is 0.274 e. The summed E-state index contributed by atoms with van der Waals surface area (Å²) in [6, 6.07) is 15.1. The van der Waals surface area contributed by atoms with Gasteiger partial charge in [-0.3, -0.25) is 14.2 Å². The average Bonchev–Trinajstić information content (AvgIpc) is 3.80. The molecule has 0 amide bonds. The van der Waals surface area contributed by atoms with Crippen molar-refractivity contribution >= 4 is 32.1 Å². The van der Waals surface area contributed by atoms with E-state index in [4.69, 9.17) is 0 Å². The van der Waals surface area contributed by atoms with Gasteiger partial charge in [0.25, 0.3) is 11.1 Å². The van der Waals surface area contributed by atoms with Gasteiger partial charge in [0.2, 0.25) is 0 Å². The number of hydrogen-bond donors (Lipinski definition) is 3. The Kier molecular flexibility index (Phi) is 6.71. The second-order valence-corrected chi connectivity index (χ2v) is 12.6. The minimum absolute atomic E-state index is 0.0553. The van der Waals surface area contributed by atoms with Crippen LogP contribution in [0, 0.1) is 0 Å². The monoisotopic (exact) mass is 584 g/mol. The second kappa shape index (κ2) is 10.3. The van der Waals surface area contributed by atoms with Crippen LogP contribution in [0.3, 0.4) is 0 Å². The van der Waals surface area contributed by atoms with Gasteiger partial charge in [0.15, 0.2) is 9.84 Å². The number of phenols is 1. The lowest BCUT2D eigenvalue weighted by molar-refractivity contribution is 0.282. The van der Waals surface area contributed by atoms with Crippen molar-refractivity contribution in [2.75, 3.05) is 11.6 Å². The Bertz CT molecular complexity index is 2100. The van der Waals surface area contributed by atoms with E-state index < -0.39 is 22.0 Å². The first-order valence-corrected chi connectivity index (χ1v) is 15.2. The molecule has 0 radical (unpaired) electrons. The lowest BCUT2D eigenvalue weighted by atomic mass is 9.98. The molecule has 1 aliphatic rings. The number of aryl methyl sites for hydroxylation is 1. The minimum atomic E-state index is -3.42. The Morgan fingerprint density at radius 1 is 1.05 bits per heavy atom. The van der Waals surface area contributed by atoms with Gasteiger partial charge >= 0.3 is 0 Å². The summed E-state index contributed by atoms with van der Waals surface area (Å²) in [7, 11) is -1.83. The first-order chi connectivity index (χ1) is 20.0. The summed E-state index contributed by atoms with van der Waals surface area (Å²) in [5.74, 6) is 0.631. The number of nitrogens with zero attached hydrogens (tertiary/aromatic N) is 3. The zero-order valence-corrected chi connectivity index (χ0v) is 23.7. The SMILES string of the molecule is Cn1cc(-c2cccc(-n3ccc4cc(C5CC5)cc(O)c4c3=O)c2CO)cc(Nc2ccc(S(C)(=O)=O)cn2)c1=O. The first kappa shape index (κ1) is 27.4. The topological polar surface area (TPSA) is 144 Å². The summed E-state index contributed by atoms with van der Waals surface area (Å²) in [6.07, 6.45) is 7.71. The number of aliphatic hydroxyl groups is 1. The summed E-state index contributed by atoms with van der Waals surface area (Å²) >= 11 is 0. The molecule has 0 atom stereocenters. The molecule has 0 aliphatic heterocycles. The molecule has 1 aliphatic carbocycles. The number of hydrogen-bond acceptors (Lipinski definition) is 8. The Balaban J connectivity index is 1.43. The molecule has 11 heteroatoms. The molecule has 1 saturated carbocycles. The van der Waals surface area contributed by atoms with Crippen molar-refractivity contribution in [2.45, 2.75) is 30.3 Å². The zero-order valence-electron chi connectivity index (χ0n) is 22.9. The Hall–Kier alpha value is -4.74. The molecule has 42 heavy (non-hydrogen) atoms. The predicted octanol–water partition coefficient (Wildman–Crippen LogP) is 3.97. The van der Waals surface area contributed by atoms with Crippen LogP contribution in [0.5, 0.6) is 5.75 Å². The highest BCUT2D eigenvalue weighted by molar-refractivity contribution is 7.90. The quantitative estimate of drug-likeness (QED) is 0.261. The Labute approximate surface area is 241 Å². The normalized spacial score (nSPS) is 13.4. The molecule has 5 aromatic rings. The van der Waals surface area contributed by atoms with Crippen LogP contribution in [0.1, 0.15) is 29.9 Å². The molecule has 0 bridgehead atoms. The van der Waals surface area contributed by atoms with E-state index in [1.165, 1.54) is 27.5 Å². The van der Waals surface area contributed by atoms with Crippen molar-refractivity contribution in [1.29, 1.82) is 0 Å². The van der Waals surface area contributed by atoms with Crippen LogP contribution >= 0.6 is 0 Å². The fourth-order valence-electron chi connectivity index (χ4n) is 5.22. The standard InChI is InChI=1S/C31H28N4O6S/c1-34-16-21(13-25(30(34)38)33-28-9-8-22(15-32-28)42(2,40)41)23-4-3-5-26(24(23)17-36)35-11-10-19-12-20(18-6-7-18)14-27(37)29(19)31(35)39/h3-5,8-16,18,36-37H,6-7,17H2,1-2H3,(H,32,33). The van der Waals surface area contributed by atoms with E-state index in [0.717, 1.165) is 24.7 Å². The fourth-order valence-corrected chi connectivity index (χ4v) is 5.78. The van der Waals surface area contributed by atoms with E-state index in [0.29, 0.717) is 33.7 Å². The number of anilines is 2. The van der Waals surface area contributed by atoms with Gasteiger partial charge in [-0.15, -0.1) is 0 Å². The van der Waals surface area contributed by atoms with E-state index >= 15 is 0 Å². The molecule has 0 spiro atoms. The van der Waals surface area contributed by atoms with Crippen LogP contribution in [0.25, 0.3) is 27.6 Å². The number of benzene rings is 2. The van der Waals surface area contributed by atoms with Crippen molar-refractivity contribution in [3.05, 3.63) is 105 Å². The third-order valence-corrected chi connectivity index (χ3v) is 8.64. The molecule has 1 fully saturated rings. The molecule has 3 N–H and O–H groups in total. The Morgan fingerprint density at radius 2 is 1.83 bits per heavy atom. The third-order valence-electron chi connectivity index (χ3n) is 7.55. The fraction of sp³-hybridized carbons (Fsp3) is 0.194. The number of rotatable bonds is 7. The Morgan fingerprint density at radius 3 is 2.50 bits per heavy atom. The number of fused-ring (bicyclic) bond motifs is 1. The number of sulfone groups is 1. The van der Waals surface area contributed by atoms with Crippen LogP contribution in [-0.4, -0.2) is 39.0 Å². The molecule has 10 nitrogen and oxygen atoms in total. The minimum Gasteiger partial charge on any atom is -0.507 e. The van der Waals surface area contributed by atoms with Crippen LogP contribution in [0.4, 0.5) is 11.5 Å². The summed E-state index contributed by atoms with van der Waals surface area (Å²) in [5, 5.41) is 25.1. The zero-order chi connectivity index (χ0) is 29.8. The largest absolute Gasteiger partial charge is 0.507 e. The van der Waals surface area contributed by atoms with Gasteiger partial charge in [0, 0.05) is 43.0 Å². The lowest BCUT2D eigenvalue weighted by Gasteiger charge is -2.17. The number of aliphatic hydroxyl groups excluding tert-OH is 1. The second-order valence-electron chi connectivity index (χ2n) is 10.6. The van der Waals surface area contributed by atoms with E-state index in [9.17, 15) is 28.2 Å². The number of aromatic hydroxyl groups is 1. The summed E-state index contributed by atoms with van der Waals surface area (Å²) < 4.78 is 26.3. The molecular formula is C31H28N4O6S. The van der Waals surface area contributed by atoms with Crippen LogP contribution in [0.2, 0.25) is 0 Å². The maximum atomic E-state index is 13.6. The lowest BCUT2D eigenvalue weighted by Crippen LogP contribution is -2.21. The van der Waals surface area contributed by atoms with Gasteiger partial charge in [0.05, 0.1) is 22.6 Å². The molecule has 2 aromatic carbocycles. The van der Waals surface area contributed by atoms with Gasteiger partial charge in [-0.2, -0.15) is 0 Å². The molecule has 0 saturated heterocycles. The number of pyridine rings is 3. The number of phenolic OH excluding ortho intramolecular Hbond substituents is 1. The maximum absolute atomic E-state index is 13.6. The van der Waals surface area contributed by atoms with E-state index in [1.54, 1.807) is 55.8 Å². The molecule has 214 valence electrons. The summed E-state index contributed by atoms with van der Waals surface area (Å²) in [6.45, 7) is -0.400. The number of aromatic nitrogens is 3. The van der Waals surface area contributed by atoms with E-state index in [-0.39, 0.29) is 33.1 Å². The van der Waals surface area contributed by atoms with Crippen molar-refractivity contribution in [1.82, 2.24) is 14.1 Å². The van der Waals surface area contributed by atoms with Crippen LogP contribution in [0.15, 0.2) is 87.7 Å². The van der Waals surface area contributed by atoms with Gasteiger partial charge < -0.3 is 20.1 Å². The highest BCUT2D eigenvalue weighted by atomic mass is 32.2. The smallest absolute Gasteiger partial charge is 0.274 e. The first-order valence-electron chi connectivity index (χ1n) is 13.3. The molecule has 0 unspecified atom stereocenters. The molecule has 3 aromatic heterocycles. The van der Waals surface area contributed by atoms with Gasteiger partial charge in [-0.1, -0.05) is 18.2 Å². The van der Waals surface area contributed by atoms with Crippen molar-refractivity contribution in [2.24, 2.45) is 7.05 Å².